The number of piperazine rings is 1. The second-order valence-corrected chi connectivity index (χ2v) is 14.9. The minimum atomic E-state index is -2.77. The van der Waals surface area contributed by atoms with E-state index in [9.17, 15) is 13.6 Å². The summed E-state index contributed by atoms with van der Waals surface area (Å²) < 4.78 is 45.7. The molecular formula is C35H51F2N7O4. The molecule has 0 spiro atoms. The van der Waals surface area contributed by atoms with Crippen molar-refractivity contribution in [2.24, 2.45) is 0 Å². The van der Waals surface area contributed by atoms with Crippen LogP contribution < -0.4 is 9.80 Å². The first-order chi connectivity index (χ1) is 22.8. The van der Waals surface area contributed by atoms with Crippen LogP contribution in [0.1, 0.15) is 88.9 Å². The molecule has 0 saturated carbocycles. The SMILES string of the molecule is CO[C@@]1(c2nccc(C)c2[C@H]2CCN(c3cc(N4C[C@@H](N5CCN(C(=O)OC(C)(C)C)CC5)[C@H]4C)nc(C(F)F)n3)[C@H](C)C2)CCOC1. The Bertz CT molecular complexity index is 1460. The van der Waals surface area contributed by atoms with Gasteiger partial charge in [-0.3, -0.25) is 9.88 Å². The molecule has 6 rings (SSSR count). The van der Waals surface area contributed by atoms with Gasteiger partial charge in [0.25, 0.3) is 6.43 Å². The molecule has 0 N–H and O–H groups in total. The number of pyridine rings is 1. The maximum Gasteiger partial charge on any atom is 0.410 e. The standard InChI is InChI=1S/C35H51F2N7O4/c1-22-8-11-38-30(35(46-7)10-17-47-21-35)29(22)25-9-12-43(23(2)18-25)27-19-28(40-32(39-27)31(36)37)44-20-26(24(44)3)41-13-15-42(16-14-41)33(45)48-34(4,5)6/h8,11,19,23-26,31H,9-10,12-18,20-21H2,1-7H3/t23-,24-,25+,26-,35+/m1/s1. The lowest BCUT2D eigenvalue weighted by Gasteiger charge is -2.53. The van der Waals surface area contributed by atoms with Crippen LogP contribution in [0, 0.1) is 6.92 Å². The molecule has 6 heterocycles. The van der Waals surface area contributed by atoms with Crippen LogP contribution in [0.2, 0.25) is 0 Å². The second kappa shape index (κ2) is 13.6. The van der Waals surface area contributed by atoms with Crippen LogP contribution in [0.3, 0.4) is 0 Å². The van der Waals surface area contributed by atoms with E-state index in [4.69, 9.17) is 19.2 Å². The van der Waals surface area contributed by atoms with Crippen LogP contribution in [0.4, 0.5) is 25.2 Å². The second-order valence-electron chi connectivity index (χ2n) is 14.9. The van der Waals surface area contributed by atoms with Gasteiger partial charge in [-0.25, -0.2) is 23.5 Å². The highest BCUT2D eigenvalue weighted by Gasteiger charge is 2.44. The number of ether oxygens (including phenoxy) is 3. The third kappa shape index (κ3) is 6.82. The predicted octanol–water partition coefficient (Wildman–Crippen LogP) is 5.28. The van der Waals surface area contributed by atoms with Gasteiger partial charge in [-0.15, -0.1) is 0 Å². The molecule has 4 saturated heterocycles. The normalized spacial score (nSPS) is 28.6. The molecule has 2 aromatic rings. The fourth-order valence-electron chi connectivity index (χ4n) is 7.92. The van der Waals surface area contributed by atoms with Crippen LogP contribution >= 0.6 is 0 Å². The number of carbonyl (C=O) groups excluding carboxylic acids is 1. The van der Waals surface area contributed by atoms with Crippen LogP contribution in [-0.2, 0) is 19.8 Å². The van der Waals surface area contributed by atoms with Gasteiger partial charge in [0.15, 0.2) is 5.82 Å². The smallest absolute Gasteiger partial charge is 0.410 e. The van der Waals surface area contributed by atoms with E-state index in [1.54, 1.807) is 12.0 Å². The first kappa shape index (κ1) is 34.7. The van der Waals surface area contributed by atoms with E-state index in [2.05, 4.69) is 51.5 Å². The average molecular weight is 672 g/mol. The molecule has 0 aromatic carbocycles. The highest BCUT2D eigenvalue weighted by molar-refractivity contribution is 5.68. The molecule has 48 heavy (non-hydrogen) atoms. The largest absolute Gasteiger partial charge is 0.444 e. The van der Waals surface area contributed by atoms with E-state index < -0.39 is 23.5 Å². The number of hydrogen-bond donors (Lipinski definition) is 0. The number of methoxy groups -OCH3 is 1. The summed E-state index contributed by atoms with van der Waals surface area (Å²) in [6.45, 7) is 17.1. The van der Waals surface area contributed by atoms with Crippen LogP contribution in [0.15, 0.2) is 18.3 Å². The van der Waals surface area contributed by atoms with Crippen molar-refractivity contribution in [3.8, 4) is 0 Å². The summed E-state index contributed by atoms with van der Waals surface area (Å²) in [4.78, 5) is 34.5. The van der Waals surface area contributed by atoms with Gasteiger partial charge in [0, 0.05) is 89.8 Å². The molecule has 4 aliphatic heterocycles. The van der Waals surface area contributed by atoms with Crippen molar-refractivity contribution in [2.45, 2.75) is 102 Å². The zero-order valence-corrected chi connectivity index (χ0v) is 29.4. The summed E-state index contributed by atoms with van der Waals surface area (Å²) in [5.74, 6) is 0.889. The van der Waals surface area contributed by atoms with E-state index in [1.165, 1.54) is 11.1 Å². The third-order valence-corrected chi connectivity index (χ3v) is 10.7. The molecule has 2 aromatic heterocycles. The summed E-state index contributed by atoms with van der Waals surface area (Å²) >= 11 is 0. The fraction of sp³-hybridized carbons (Fsp3) is 0.714. The van der Waals surface area contributed by atoms with Crippen molar-refractivity contribution in [3.63, 3.8) is 0 Å². The minimum absolute atomic E-state index is 0.0608. The molecule has 1 amide bonds. The van der Waals surface area contributed by atoms with Crippen LogP contribution in [0.5, 0.6) is 0 Å². The molecule has 13 heteroatoms. The predicted molar refractivity (Wildman–Crippen MR) is 179 cm³/mol. The molecule has 4 fully saturated rings. The summed E-state index contributed by atoms with van der Waals surface area (Å²) in [5.41, 5.74) is 2.29. The van der Waals surface area contributed by atoms with Crippen molar-refractivity contribution in [1.82, 2.24) is 24.8 Å². The van der Waals surface area contributed by atoms with E-state index >= 15 is 0 Å². The maximum atomic E-state index is 14.2. The number of amides is 1. The average Bonchev–Trinajstić information content (AvgIpc) is 3.54. The Labute approximate surface area is 282 Å². The van der Waals surface area contributed by atoms with Gasteiger partial charge in [0.05, 0.1) is 12.3 Å². The maximum absolute atomic E-state index is 14.2. The van der Waals surface area contributed by atoms with Gasteiger partial charge in [-0.1, -0.05) is 0 Å². The van der Waals surface area contributed by atoms with Gasteiger partial charge in [-0.2, -0.15) is 0 Å². The number of halogens is 2. The Morgan fingerprint density at radius 2 is 1.79 bits per heavy atom. The highest BCUT2D eigenvalue weighted by atomic mass is 19.3. The zero-order chi connectivity index (χ0) is 34.4. The lowest BCUT2D eigenvalue weighted by atomic mass is 9.79. The molecule has 4 aliphatic rings. The Morgan fingerprint density at radius 1 is 1.08 bits per heavy atom. The monoisotopic (exact) mass is 671 g/mol. The van der Waals surface area contributed by atoms with Crippen molar-refractivity contribution < 1.29 is 27.8 Å². The van der Waals surface area contributed by atoms with Crippen molar-refractivity contribution in [3.05, 3.63) is 41.0 Å². The number of hydrogen-bond acceptors (Lipinski definition) is 10. The molecule has 0 aliphatic carbocycles. The molecule has 5 atom stereocenters. The molecule has 0 unspecified atom stereocenters. The van der Waals surface area contributed by atoms with Gasteiger partial charge in [0.1, 0.15) is 22.8 Å². The number of aryl methyl sites for hydroxylation is 1. The third-order valence-electron chi connectivity index (χ3n) is 10.7. The Balaban J connectivity index is 1.14. The Morgan fingerprint density at radius 3 is 2.38 bits per heavy atom. The van der Waals surface area contributed by atoms with Gasteiger partial charge in [-0.05, 0) is 77.5 Å². The quantitative estimate of drug-likeness (QED) is 0.387. The number of alkyl halides is 2. The molecule has 11 nitrogen and oxygen atoms in total. The van der Waals surface area contributed by atoms with Crippen molar-refractivity contribution >= 4 is 17.7 Å². The summed E-state index contributed by atoms with van der Waals surface area (Å²) in [6.07, 6.45) is 1.23. The Kier molecular flexibility index (Phi) is 9.85. The first-order valence-corrected chi connectivity index (χ1v) is 17.3. The van der Waals surface area contributed by atoms with Crippen LogP contribution in [0.25, 0.3) is 0 Å². The van der Waals surface area contributed by atoms with Gasteiger partial charge in [0.2, 0.25) is 0 Å². The molecular weight excluding hydrogens is 620 g/mol. The number of piperidine rings is 1. The zero-order valence-electron chi connectivity index (χ0n) is 29.4. The van der Waals surface area contributed by atoms with Gasteiger partial charge < -0.3 is 28.9 Å². The molecule has 264 valence electrons. The number of carbonyl (C=O) groups is 1. The van der Waals surface area contributed by atoms with Crippen molar-refractivity contribution in [2.75, 3.05) is 69.4 Å². The molecule has 0 bridgehead atoms. The number of rotatable bonds is 7. The number of anilines is 2. The topological polar surface area (TPSA) is 96.4 Å². The number of nitrogens with zero attached hydrogens (tertiary/aromatic N) is 7. The minimum Gasteiger partial charge on any atom is -0.444 e. The Hall–Kier alpha value is -3.16. The van der Waals surface area contributed by atoms with E-state index in [0.717, 1.165) is 38.0 Å². The summed E-state index contributed by atoms with van der Waals surface area (Å²) in [6, 6.07) is 4.32. The van der Waals surface area contributed by atoms with Crippen LogP contribution in [-0.4, -0.2) is 114 Å². The summed E-state index contributed by atoms with van der Waals surface area (Å²) in [7, 11) is 1.73. The van der Waals surface area contributed by atoms with E-state index in [1.807, 2.05) is 33.0 Å². The molecule has 0 radical (unpaired) electrons. The van der Waals surface area contributed by atoms with Crippen molar-refractivity contribution in [1.29, 1.82) is 0 Å². The van der Waals surface area contributed by atoms with E-state index in [-0.39, 0.29) is 30.1 Å². The fourth-order valence-corrected chi connectivity index (χ4v) is 7.92. The number of aromatic nitrogens is 3. The lowest BCUT2D eigenvalue weighted by molar-refractivity contribution is -0.0257. The summed E-state index contributed by atoms with van der Waals surface area (Å²) in [5, 5.41) is 0. The first-order valence-electron chi connectivity index (χ1n) is 17.3. The van der Waals surface area contributed by atoms with E-state index in [0.29, 0.717) is 51.0 Å². The lowest BCUT2D eigenvalue weighted by Crippen LogP contribution is -2.68. The van der Waals surface area contributed by atoms with Gasteiger partial charge >= 0.3 is 6.09 Å². The highest BCUT2D eigenvalue weighted by Crippen LogP contribution is 2.43.